The molecule has 0 unspecified atom stereocenters. The average Bonchev–Trinajstić information content (AvgIpc) is 2.10. The largest absolute Gasteiger partial charge is 0.102 e. The van der Waals surface area contributed by atoms with Gasteiger partial charge in [-0.3, -0.25) is 0 Å². The van der Waals surface area contributed by atoms with Crippen LogP contribution in [0.2, 0.25) is 0 Å². The summed E-state index contributed by atoms with van der Waals surface area (Å²) in [7, 11) is 10.8. The fraction of sp³-hybridized carbons (Fsp3) is 0.333. The minimum atomic E-state index is 1.02. The lowest BCUT2D eigenvalue weighted by atomic mass is 10.8. The Morgan fingerprint density at radius 2 is 1.17 bits per heavy atom. The third-order valence-corrected chi connectivity index (χ3v) is 11.3. The van der Waals surface area contributed by atoms with Gasteiger partial charge in [-0.15, -0.1) is 13.2 Å². The lowest BCUT2D eigenvalue weighted by molar-refractivity contribution is 1.84. The van der Waals surface area contributed by atoms with Crippen molar-refractivity contribution in [1.82, 2.24) is 0 Å². The molecule has 0 aliphatic heterocycles. The molecule has 0 atom stereocenters. The van der Waals surface area contributed by atoms with Crippen molar-refractivity contribution in [2.45, 2.75) is 0 Å². The molecule has 6 heteroatoms. The second kappa shape index (κ2) is 12.6. The van der Waals surface area contributed by atoms with Gasteiger partial charge in [-0.1, -0.05) is 33.7 Å². The van der Waals surface area contributed by atoms with Crippen molar-refractivity contribution >= 4 is 60.9 Å². The molecule has 0 heterocycles. The summed E-state index contributed by atoms with van der Waals surface area (Å²) in [4.78, 5) is 0. The first-order chi connectivity index (χ1) is 5.91. The maximum absolute atomic E-state index is 3.65. The lowest BCUT2D eigenvalue weighted by Gasteiger charge is -1.95. The topological polar surface area (TPSA) is 0 Å². The van der Waals surface area contributed by atoms with E-state index in [-0.39, 0.29) is 0 Å². The van der Waals surface area contributed by atoms with Crippen molar-refractivity contribution < 1.29 is 0 Å². The molecule has 0 saturated carbocycles. The van der Waals surface area contributed by atoms with E-state index in [9.17, 15) is 0 Å². The molecule has 0 aromatic heterocycles. The van der Waals surface area contributed by atoms with E-state index in [2.05, 4.69) is 13.2 Å². The van der Waals surface area contributed by atoms with Gasteiger partial charge in [0.05, 0.1) is 0 Å². The van der Waals surface area contributed by atoms with Crippen molar-refractivity contribution in [3.05, 3.63) is 25.3 Å². The molecule has 0 aromatic rings. The molecule has 70 valence electrons. The highest BCUT2D eigenvalue weighted by Crippen LogP contribution is 2.52. The zero-order valence-electron chi connectivity index (χ0n) is 6.43. The average molecular weight is 275 g/mol. The van der Waals surface area contributed by atoms with Crippen LogP contribution in [-0.2, 0) is 0 Å². The van der Waals surface area contributed by atoms with Crippen LogP contribution in [0.1, 0.15) is 0 Å². The molecule has 0 spiro atoms. The van der Waals surface area contributed by atoms with Crippen molar-refractivity contribution in [2.75, 3.05) is 11.5 Å². The first-order valence-corrected chi connectivity index (χ1v) is 10.9. The first-order valence-electron chi connectivity index (χ1n) is 3.04. The van der Waals surface area contributed by atoms with Crippen LogP contribution in [0, 0.1) is 0 Å². The maximum atomic E-state index is 3.65. The normalized spacial score (nSPS) is 9.67. The van der Waals surface area contributed by atoms with Crippen LogP contribution in [0.3, 0.4) is 0 Å². The monoisotopic (exact) mass is 274 g/mol. The molecule has 0 radical (unpaired) electrons. The highest BCUT2D eigenvalue weighted by Gasteiger charge is 1.91. The predicted molar refractivity (Wildman–Crippen MR) is 75.7 cm³/mol. The molecule has 0 saturated heterocycles. The Hall–Kier alpha value is 1.58. The minimum absolute atomic E-state index is 1.02. The van der Waals surface area contributed by atoms with Crippen molar-refractivity contribution in [2.24, 2.45) is 0 Å². The van der Waals surface area contributed by atoms with Gasteiger partial charge in [-0.05, 0) is 39.3 Å². The molecule has 0 nitrogen and oxygen atoms in total. The van der Waals surface area contributed by atoms with E-state index < -0.39 is 0 Å². The molecule has 0 bridgehead atoms. The summed E-state index contributed by atoms with van der Waals surface area (Å²) in [6, 6.07) is 0. The van der Waals surface area contributed by atoms with Gasteiger partial charge < -0.3 is 0 Å². The fourth-order valence-electron chi connectivity index (χ4n) is 0.214. The molecule has 0 amide bonds. The van der Waals surface area contributed by atoms with E-state index in [1.807, 2.05) is 33.7 Å². The predicted octanol–water partition coefficient (Wildman–Crippen LogP) is 5.33. The van der Waals surface area contributed by atoms with Crippen molar-refractivity contribution in [3.63, 3.8) is 0 Å². The van der Waals surface area contributed by atoms with Crippen LogP contribution in [0.5, 0.6) is 0 Å². The second-order valence-corrected chi connectivity index (χ2v) is 11.0. The Morgan fingerprint density at radius 3 is 1.50 bits per heavy atom. The second-order valence-electron chi connectivity index (χ2n) is 1.42. The molecular weight excluding hydrogens is 264 g/mol. The Balaban J connectivity index is 2.81. The Morgan fingerprint density at radius 1 is 0.750 bits per heavy atom. The van der Waals surface area contributed by atoms with Gasteiger partial charge in [-0.25, -0.2) is 0 Å². The number of hydrogen-bond acceptors (Lipinski definition) is 6. The standard InChI is InChI=1S/C6H10S6/c1-3-5-7-9-11-12-10-8-6-4-2/h3-4H,1-2,5-6H2. The third kappa shape index (κ3) is 11.6. The van der Waals surface area contributed by atoms with Crippen LogP contribution in [0.25, 0.3) is 0 Å². The number of hydrogen-bond donors (Lipinski definition) is 0. The summed E-state index contributed by atoms with van der Waals surface area (Å²) < 4.78 is 0. The zero-order chi connectivity index (χ0) is 9.07. The van der Waals surface area contributed by atoms with Gasteiger partial charge in [0.25, 0.3) is 0 Å². The van der Waals surface area contributed by atoms with E-state index in [4.69, 9.17) is 0 Å². The van der Waals surface area contributed by atoms with E-state index in [0.717, 1.165) is 11.5 Å². The molecule has 0 fully saturated rings. The van der Waals surface area contributed by atoms with E-state index in [0.29, 0.717) is 0 Å². The van der Waals surface area contributed by atoms with E-state index >= 15 is 0 Å². The SMILES string of the molecule is C=CCSSSSSSCC=C. The molecule has 0 aromatic carbocycles. The van der Waals surface area contributed by atoms with Gasteiger partial charge >= 0.3 is 0 Å². The Labute approximate surface area is 96.9 Å². The minimum Gasteiger partial charge on any atom is -0.102 e. The summed E-state index contributed by atoms with van der Waals surface area (Å²) in [5, 5.41) is 0. The molecule has 0 aliphatic carbocycles. The fourth-order valence-corrected chi connectivity index (χ4v) is 11.1. The lowest BCUT2D eigenvalue weighted by Crippen LogP contribution is -1.57. The molecule has 0 N–H and O–H groups in total. The molecular formula is C6H10S6. The summed E-state index contributed by atoms with van der Waals surface area (Å²) in [6.07, 6.45) is 3.84. The van der Waals surface area contributed by atoms with Gasteiger partial charge in [0.15, 0.2) is 0 Å². The highest BCUT2D eigenvalue weighted by molar-refractivity contribution is 9.41. The van der Waals surface area contributed by atoms with Gasteiger partial charge in [0.1, 0.15) is 0 Å². The molecule has 12 heavy (non-hydrogen) atoms. The Kier molecular flexibility index (Phi) is 14.2. The van der Waals surface area contributed by atoms with Crippen LogP contribution in [-0.4, -0.2) is 11.5 Å². The Bertz CT molecular complexity index is 101. The van der Waals surface area contributed by atoms with Crippen molar-refractivity contribution in [1.29, 1.82) is 0 Å². The van der Waals surface area contributed by atoms with Crippen LogP contribution < -0.4 is 0 Å². The highest BCUT2D eigenvalue weighted by atomic mass is 33.9. The third-order valence-electron chi connectivity index (χ3n) is 0.551. The van der Waals surface area contributed by atoms with Crippen LogP contribution in [0.15, 0.2) is 25.3 Å². The quantitative estimate of drug-likeness (QED) is 0.314. The van der Waals surface area contributed by atoms with Crippen LogP contribution in [0.4, 0.5) is 0 Å². The summed E-state index contributed by atoms with van der Waals surface area (Å²) in [6.45, 7) is 7.30. The summed E-state index contributed by atoms with van der Waals surface area (Å²) in [5.74, 6) is 2.03. The molecule has 0 rings (SSSR count). The van der Waals surface area contributed by atoms with Gasteiger partial charge in [-0.2, -0.15) is 0 Å². The zero-order valence-corrected chi connectivity index (χ0v) is 11.3. The van der Waals surface area contributed by atoms with E-state index in [1.54, 1.807) is 39.3 Å². The van der Waals surface area contributed by atoms with Gasteiger partial charge in [0.2, 0.25) is 0 Å². The van der Waals surface area contributed by atoms with Crippen LogP contribution >= 0.6 is 60.9 Å². The first kappa shape index (κ1) is 13.6. The summed E-state index contributed by atoms with van der Waals surface area (Å²) >= 11 is 0. The summed E-state index contributed by atoms with van der Waals surface area (Å²) in [5.41, 5.74) is 0. The van der Waals surface area contributed by atoms with E-state index in [1.165, 1.54) is 0 Å². The smallest absolute Gasteiger partial charge is 0.0223 e. The molecule has 0 aliphatic rings. The van der Waals surface area contributed by atoms with Gasteiger partial charge in [0, 0.05) is 11.5 Å². The number of rotatable bonds is 9. The van der Waals surface area contributed by atoms with Crippen molar-refractivity contribution in [3.8, 4) is 0 Å². The maximum Gasteiger partial charge on any atom is 0.0223 e.